The van der Waals surface area contributed by atoms with Crippen LogP contribution in [0.5, 0.6) is 0 Å². The number of benzene rings is 2. The first-order chi connectivity index (χ1) is 13.7. The number of allylic oxidation sites excluding steroid dienone is 4. The molecule has 0 saturated heterocycles. The van der Waals surface area contributed by atoms with E-state index in [1.807, 2.05) is 0 Å². The van der Waals surface area contributed by atoms with Crippen LogP contribution in [0.2, 0.25) is 0 Å². The van der Waals surface area contributed by atoms with Crippen LogP contribution in [0.4, 0.5) is 0 Å². The van der Waals surface area contributed by atoms with Gasteiger partial charge in [-0.3, -0.25) is 0 Å². The van der Waals surface area contributed by atoms with Gasteiger partial charge in [0.15, 0.2) is 0 Å². The molecule has 4 rings (SSSR count). The Labute approximate surface area is 170 Å². The molecule has 2 aliphatic carbocycles. The Balaban J connectivity index is 1.80. The summed E-state index contributed by atoms with van der Waals surface area (Å²) in [4.78, 5) is 0. The summed E-state index contributed by atoms with van der Waals surface area (Å²) in [6, 6.07) is 18.1. The SMILES string of the molecule is C#CCCC1=CCC(C(C)(CCCC)C2c3ccccc3-c3ccccc32)=C1. The largest absolute Gasteiger partial charge is 0.120 e. The van der Waals surface area contributed by atoms with Crippen LogP contribution in [-0.2, 0) is 0 Å². The lowest BCUT2D eigenvalue weighted by Crippen LogP contribution is -2.27. The predicted molar refractivity (Wildman–Crippen MR) is 120 cm³/mol. The van der Waals surface area contributed by atoms with E-state index in [2.05, 4.69) is 80.5 Å². The van der Waals surface area contributed by atoms with Gasteiger partial charge >= 0.3 is 0 Å². The molecule has 2 aliphatic rings. The zero-order valence-corrected chi connectivity index (χ0v) is 17.2. The van der Waals surface area contributed by atoms with Crippen molar-refractivity contribution in [2.75, 3.05) is 0 Å². The Kier molecular flexibility index (Phi) is 5.27. The fourth-order valence-corrected chi connectivity index (χ4v) is 5.25. The van der Waals surface area contributed by atoms with Crippen LogP contribution in [-0.4, -0.2) is 0 Å². The van der Waals surface area contributed by atoms with E-state index in [1.165, 1.54) is 47.1 Å². The van der Waals surface area contributed by atoms with E-state index < -0.39 is 0 Å². The number of fused-ring (bicyclic) bond motifs is 3. The third-order valence-electron chi connectivity index (χ3n) is 6.76. The summed E-state index contributed by atoms with van der Waals surface area (Å²) in [6.45, 7) is 4.81. The standard InChI is InChI=1S/C28H30/c1-4-6-12-21-17-18-22(20-21)28(3,19-7-5-2)27-25-15-10-8-13-23(25)24-14-9-11-16-26(24)27/h1,8-11,13-17,20,27H,5-7,12,18-19H2,2-3H3. The fourth-order valence-electron chi connectivity index (χ4n) is 5.25. The Bertz CT molecular complexity index is 920. The van der Waals surface area contributed by atoms with Gasteiger partial charge in [-0.1, -0.05) is 98.5 Å². The molecule has 0 amide bonds. The van der Waals surface area contributed by atoms with Crippen LogP contribution in [0.1, 0.15) is 69.4 Å². The monoisotopic (exact) mass is 366 g/mol. The number of rotatable bonds is 7. The van der Waals surface area contributed by atoms with Crippen LogP contribution >= 0.6 is 0 Å². The maximum absolute atomic E-state index is 5.50. The molecule has 1 atom stereocenters. The minimum atomic E-state index is 0.132. The van der Waals surface area contributed by atoms with E-state index in [1.54, 1.807) is 5.57 Å². The Morgan fingerprint density at radius 3 is 2.29 bits per heavy atom. The van der Waals surface area contributed by atoms with Gasteiger partial charge in [0.2, 0.25) is 0 Å². The second-order valence-corrected chi connectivity index (χ2v) is 8.49. The number of unbranched alkanes of at least 4 members (excludes halogenated alkanes) is 1. The molecule has 0 heteroatoms. The van der Waals surface area contributed by atoms with Gasteiger partial charge in [0.25, 0.3) is 0 Å². The fraction of sp³-hybridized carbons (Fsp3) is 0.357. The molecule has 28 heavy (non-hydrogen) atoms. The van der Waals surface area contributed by atoms with E-state index in [4.69, 9.17) is 6.42 Å². The summed E-state index contributed by atoms with van der Waals surface area (Å²) in [5, 5.41) is 0. The third-order valence-corrected chi connectivity index (χ3v) is 6.76. The normalized spacial score (nSPS) is 17.3. The van der Waals surface area contributed by atoms with Crippen molar-refractivity contribution in [2.45, 2.75) is 58.3 Å². The van der Waals surface area contributed by atoms with Crippen molar-refractivity contribution < 1.29 is 0 Å². The average molecular weight is 367 g/mol. The summed E-state index contributed by atoms with van der Waals surface area (Å²) in [6.07, 6.45) is 17.0. The summed E-state index contributed by atoms with van der Waals surface area (Å²) in [5.74, 6) is 3.22. The topological polar surface area (TPSA) is 0 Å². The number of hydrogen-bond acceptors (Lipinski definition) is 0. The quantitative estimate of drug-likeness (QED) is 0.441. The smallest absolute Gasteiger partial charge is 0.0193 e. The molecule has 0 heterocycles. The lowest BCUT2D eigenvalue weighted by Gasteiger charge is -2.39. The maximum atomic E-state index is 5.50. The van der Waals surface area contributed by atoms with Gasteiger partial charge in [0, 0.05) is 12.3 Å². The van der Waals surface area contributed by atoms with Gasteiger partial charge in [-0.05, 0) is 46.9 Å². The number of terminal acetylenes is 1. The molecular weight excluding hydrogens is 336 g/mol. The minimum Gasteiger partial charge on any atom is -0.120 e. The first kappa shape index (κ1) is 18.8. The van der Waals surface area contributed by atoms with Gasteiger partial charge in [-0.25, -0.2) is 0 Å². The first-order valence-corrected chi connectivity index (χ1v) is 10.7. The molecule has 2 aromatic rings. The van der Waals surface area contributed by atoms with Crippen LogP contribution in [0.3, 0.4) is 0 Å². The molecule has 0 nitrogen and oxygen atoms in total. The van der Waals surface area contributed by atoms with Crippen molar-refractivity contribution in [3.05, 3.63) is 83.0 Å². The van der Waals surface area contributed by atoms with Crippen molar-refractivity contribution in [3.8, 4) is 23.5 Å². The second-order valence-electron chi connectivity index (χ2n) is 8.49. The van der Waals surface area contributed by atoms with Gasteiger partial charge < -0.3 is 0 Å². The highest BCUT2D eigenvalue weighted by Gasteiger charge is 2.44. The highest BCUT2D eigenvalue weighted by Crippen LogP contribution is 2.58. The second kappa shape index (κ2) is 7.84. The molecular formula is C28H30. The summed E-state index contributed by atoms with van der Waals surface area (Å²) >= 11 is 0. The molecule has 0 spiro atoms. The molecule has 0 bridgehead atoms. The van der Waals surface area contributed by atoms with Crippen molar-refractivity contribution >= 4 is 0 Å². The summed E-state index contributed by atoms with van der Waals surface area (Å²) < 4.78 is 0. The van der Waals surface area contributed by atoms with Gasteiger partial charge in [-0.15, -0.1) is 12.3 Å². The lowest BCUT2D eigenvalue weighted by atomic mass is 9.64. The maximum Gasteiger partial charge on any atom is 0.0193 e. The average Bonchev–Trinajstić information content (AvgIpc) is 3.34. The Hall–Kier alpha value is -2.52. The molecule has 0 N–H and O–H groups in total. The van der Waals surface area contributed by atoms with Crippen LogP contribution < -0.4 is 0 Å². The predicted octanol–water partition coefficient (Wildman–Crippen LogP) is 7.67. The van der Waals surface area contributed by atoms with Crippen LogP contribution in [0, 0.1) is 17.8 Å². The summed E-state index contributed by atoms with van der Waals surface area (Å²) in [5.41, 5.74) is 8.99. The minimum absolute atomic E-state index is 0.132. The highest BCUT2D eigenvalue weighted by atomic mass is 14.5. The molecule has 0 aliphatic heterocycles. The van der Waals surface area contributed by atoms with E-state index >= 15 is 0 Å². The highest BCUT2D eigenvalue weighted by molar-refractivity contribution is 5.79. The van der Waals surface area contributed by atoms with Crippen LogP contribution in [0.15, 0.2) is 71.8 Å². The molecule has 142 valence electrons. The van der Waals surface area contributed by atoms with Gasteiger partial charge in [-0.2, -0.15) is 0 Å². The van der Waals surface area contributed by atoms with Crippen molar-refractivity contribution in [2.24, 2.45) is 5.41 Å². The zero-order chi connectivity index (χ0) is 19.6. The van der Waals surface area contributed by atoms with Gasteiger partial charge in [0.1, 0.15) is 0 Å². The molecule has 0 radical (unpaired) electrons. The molecule has 0 aromatic heterocycles. The van der Waals surface area contributed by atoms with Gasteiger partial charge in [0.05, 0.1) is 0 Å². The molecule has 0 fully saturated rings. The van der Waals surface area contributed by atoms with Crippen molar-refractivity contribution in [1.82, 2.24) is 0 Å². The molecule has 0 saturated carbocycles. The number of hydrogen-bond donors (Lipinski definition) is 0. The summed E-state index contributed by atoms with van der Waals surface area (Å²) in [7, 11) is 0. The zero-order valence-electron chi connectivity index (χ0n) is 17.2. The lowest BCUT2D eigenvalue weighted by molar-refractivity contribution is 0.308. The third kappa shape index (κ3) is 3.14. The van der Waals surface area contributed by atoms with Crippen LogP contribution in [0.25, 0.3) is 11.1 Å². The van der Waals surface area contributed by atoms with E-state index in [-0.39, 0.29) is 5.41 Å². The first-order valence-electron chi connectivity index (χ1n) is 10.7. The molecule has 2 aromatic carbocycles. The van der Waals surface area contributed by atoms with Crippen molar-refractivity contribution in [3.63, 3.8) is 0 Å². The Morgan fingerprint density at radius 2 is 1.68 bits per heavy atom. The van der Waals surface area contributed by atoms with E-state index in [9.17, 15) is 0 Å². The van der Waals surface area contributed by atoms with Crippen molar-refractivity contribution in [1.29, 1.82) is 0 Å². The Morgan fingerprint density at radius 1 is 1.04 bits per heavy atom. The van der Waals surface area contributed by atoms with E-state index in [0.717, 1.165) is 19.3 Å². The molecule has 1 unspecified atom stereocenters. The van der Waals surface area contributed by atoms with E-state index in [0.29, 0.717) is 5.92 Å².